The predicted molar refractivity (Wildman–Crippen MR) is 38.4 cm³/mol. The van der Waals surface area contributed by atoms with Crippen molar-refractivity contribution in [3.63, 3.8) is 0 Å². The van der Waals surface area contributed by atoms with Crippen molar-refractivity contribution in [1.29, 1.82) is 0 Å². The highest BCUT2D eigenvalue weighted by Crippen LogP contribution is 2.03. The van der Waals surface area contributed by atoms with Gasteiger partial charge in [0.2, 0.25) is 0 Å². The topological polar surface area (TPSA) is 20.2 Å². The summed E-state index contributed by atoms with van der Waals surface area (Å²) in [4.78, 5) is 1.04. The van der Waals surface area contributed by atoms with Crippen LogP contribution >= 0.6 is 11.3 Å². The third-order valence-corrected chi connectivity index (χ3v) is 1.94. The van der Waals surface area contributed by atoms with Gasteiger partial charge in [-0.05, 0) is 10.8 Å². The first-order valence-electron chi connectivity index (χ1n) is 2.49. The second kappa shape index (κ2) is 2.33. The lowest BCUT2D eigenvalue weighted by Gasteiger charge is -1.80. The van der Waals surface area contributed by atoms with E-state index in [1.54, 1.807) is 11.3 Å². The Kier molecular flexibility index (Phi) is 1.71. The highest BCUT2D eigenvalue weighted by molar-refractivity contribution is 7.20. The van der Waals surface area contributed by atoms with Gasteiger partial charge in [0.25, 0.3) is 0 Å². The summed E-state index contributed by atoms with van der Waals surface area (Å²) in [6.07, 6.45) is 0. The van der Waals surface area contributed by atoms with Crippen LogP contribution in [0.1, 0.15) is 4.88 Å². The van der Waals surface area contributed by atoms with Gasteiger partial charge in [0.15, 0.2) is 7.85 Å². The van der Waals surface area contributed by atoms with E-state index < -0.39 is 0 Å². The van der Waals surface area contributed by atoms with Gasteiger partial charge >= 0.3 is 0 Å². The Labute approximate surface area is 53.4 Å². The molecule has 0 aromatic carbocycles. The maximum atomic E-state index is 8.56. The molecule has 0 atom stereocenters. The third-order valence-electron chi connectivity index (χ3n) is 0.952. The molecule has 0 bridgehead atoms. The summed E-state index contributed by atoms with van der Waals surface area (Å²) in [5, 5.41) is 8.56. The standard InChI is InChI=1S/C5H7BOS/c6-5-2-1-4(3-7)8-5/h1-2,7H,3,6H2. The van der Waals surface area contributed by atoms with Crippen molar-refractivity contribution in [2.75, 3.05) is 0 Å². The molecule has 1 aromatic heterocycles. The average molecular weight is 126 g/mol. The van der Waals surface area contributed by atoms with E-state index in [1.165, 1.54) is 4.78 Å². The molecule has 0 saturated carbocycles. The molecule has 1 nitrogen and oxygen atoms in total. The Balaban J connectivity index is 2.84. The molecule has 0 unspecified atom stereocenters. The van der Waals surface area contributed by atoms with Gasteiger partial charge in [-0.25, -0.2) is 0 Å². The van der Waals surface area contributed by atoms with Crippen LogP contribution in [-0.2, 0) is 6.61 Å². The maximum Gasteiger partial charge on any atom is 0.152 e. The molecular formula is C5H7BOS. The van der Waals surface area contributed by atoms with Gasteiger partial charge in [0.05, 0.1) is 6.61 Å². The smallest absolute Gasteiger partial charge is 0.152 e. The summed E-state index contributed by atoms with van der Waals surface area (Å²) in [6.45, 7) is 0.179. The van der Waals surface area contributed by atoms with E-state index in [2.05, 4.69) is 0 Å². The number of rotatable bonds is 1. The zero-order chi connectivity index (χ0) is 5.98. The fourth-order valence-corrected chi connectivity index (χ4v) is 1.32. The molecule has 42 valence electrons. The maximum absolute atomic E-state index is 8.56. The van der Waals surface area contributed by atoms with Crippen LogP contribution in [0.25, 0.3) is 0 Å². The van der Waals surface area contributed by atoms with Crippen LogP contribution in [0.15, 0.2) is 12.1 Å². The number of hydrogen-bond acceptors (Lipinski definition) is 2. The molecule has 1 aromatic rings. The van der Waals surface area contributed by atoms with E-state index in [9.17, 15) is 0 Å². The molecular weight excluding hydrogens is 119 g/mol. The van der Waals surface area contributed by atoms with E-state index >= 15 is 0 Å². The number of hydrogen-bond donors (Lipinski definition) is 1. The molecule has 1 heterocycles. The molecule has 3 heteroatoms. The highest BCUT2D eigenvalue weighted by Gasteiger charge is 1.90. The van der Waals surface area contributed by atoms with Crippen LogP contribution in [-0.4, -0.2) is 13.0 Å². The fourth-order valence-electron chi connectivity index (χ4n) is 0.570. The molecule has 0 saturated heterocycles. The van der Waals surface area contributed by atoms with Gasteiger partial charge in [-0.3, -0.25) is 0 Å². The number of aliphatic hydroxyl groups excluding tert-OH is 1. The molecule has 0 aliphatic rings. The highest BCUT2D eigenvalue weighted by atomic mass is 32.1. The first kappa shape index (κ1) is 5.85. The van der Waals surface area contributed by atoms with Crippen molar-refractivity contribution in [3.8, 4) is 0 Å². The van der Waals surface area contributed by atoms with Crippen LogP contribution in [0.4, 0.5) is 0 Å². The normalized spacial score (nSPS) is 9.62. The minimum Gasteiger partial charge on any atom is -0.391 e. The lowest BCUT2D eigenvalue weighted by atomic mass is 10.1. The second-order valence-corrected chi connectivity index (χ2v) is 3.04. The zero-order valence-corrected chi connectivity index (χ0v) is 5.53. The second-order valence-electron chi connectivity index (χ2n) is 1.67. The predicted octanol–water partition coefficient (Wildman–Crippen LogP) is -0.501. The Bertz CT molecular complexity index is 173. The van der Waals surface area contributed by atoms with Crippen LogP contribution in [0.2, 0.25) is 0 Å². The van der Waals surface area contributed by atoms with Crippen LogP contribution in [0.3, 0.4) is 0 Å². The number of aliphatic hydroxyl groups is 1. The minimum absolute atomic E-state index is 0.179. The Morgan fingerprint density at radius 3 is 2.62 bits per heavy atom. The lowest BCUT2D eigenvalue weighted by Crippen LogP contribution is -1.88. The van der Waals surface area contributed by atoms with Crippen molar-refractivity contribution in [3.05, 3.63) is 17.0 Å². The first-order valence-corrected chi connectivity index (χ1v) is 3.31. The van der Waals surface area contributed by atoms with E-state index in [4.69, 9.17) is 5.11 Å². The molecule has 0 aliphatic carbocycles. The van der Waals surface area contributed by atoms with Gasteiger partial charge in [-0.15, -0.1) is 0 Å². The molecule has 1 N–H and O–H groups in total. The number of thiophene rings is 1. The third kappa shape index (κ3) is 1.11. The van der Waals surface area contributed by atoms with E-state index in [0.717, 1.165) is 4.88 Å². The van der Waals surface area contributed by atoms with Gasteiger partial charge in [-0.2, -0.15) is 11.3 Å². The van der Waals surface area contributed by atoms with Crippen molar-refractivity contribution < 1.29 is 5.11 Å². The van der Waals surface area contributed by atoms with Crippen LogP contribution in [0, 0.1) is 0 Å². The lowest BCUT2D eigenvalue weighted by molar-refractivity contribution is 0.285. The summed E-state index contributed by atoms with van der Waals surface area (Å²) in [7, 11) is 2.03. The van der Waals surface area contributed by atoms with E-state index in [1.807, 2.05) is 20.0 Å². The Morgan fingerprint density at radius 1 is 1.62 bits per heavy atom. The van der Waals surface area contributed by atoms with Crippen molar-refractivity contribution in [2.24, 2.45) is 0 Å². The zero-order valence-electron chi connectivity index (χ0n) is 4.72. The molecule has 0 radical (unpaired) electrons. The summed E-state index contributed by atoms with van der Waals surface area (Å²) in [6, 6.07) is 3.95. The molecule has 0 aliphatic heterocycles. The Morgan fingerprint density at radius 2 is 2.38 bits per heavy atom. The Hall–Kier alpha value is -0.275. The first-order chi connectivity index (χ1) is 3.83. The van der Waals surface area contributed by atoms with Gasteiger partial charge < -0.3 is 5.11 Å². The van der Waals surface area contributed by atoms with E-state index in [-0.39, 0.29) is 6.61 Å². The fraction of sp³-hybridized carbons (Fsp3) is 0.200. The largest absolute Gasteiger partial charge is 0.391 e. The van der Waals surface area contributed by atoms with Gasteiger partial charge in [0.1, 0.15) is 0 Å². The summed E-state index contributed by atoms with van der Waals surface area (Å²) >= 11 is 1.64. The summed E-state index contributed by atoms with van der Waals surface area (Å²) in [5.74, 6) is 0. The molecule has 1 rings (SSSR count). The van der Waals surface area contributed by atoms with Gasteiger partial charge in [0, 0.05) is 4.88 Å². The minimum atomic E-state index is 0.179. The summed E-state index contributed by atoms with van der Waals surface area (Å²) < 4.78 is 1.26. The molecule has 0 fully saturated rings. The average Bonchev–Trinajstić information content (AvgIpc) is 2.14. The van der Waals surface area contributed by atoms with E-state index in [0.29, 0.717) is 0 Å². The quantitative estimate of drug-likeness (QED) is 0.503. The van der Waals surface area contributed by atoms with Crippen molar-refractivity contribution in [2.45, 2.75) is 6.61 Å². The SMILES string of the molecule is Bc1ccc(CO)s1. The molecule has 8 heavy (non-hydrogen) atoms. The van der Waals surface area contributed by atoms with Crippen molar-refractivity contribution in [1.82, 2.24) is 0 Å². The van der Waals surface area contributed by atoms with Crippen LogP contribution < -0.4 is 4.78 Å². The monoisotopic (exact) mass is 126 g/mol. The van der Waals surface area contributed by atoms with Crippen LogP contribution in [0.5, 0.6) is 0 Å². The van der Waals surface area contributed by atoms with Crippen molar-refractivity contribution >= 4 is 24.0 Å². The van der Waals surface area contributed by atoms with Gasteiger partial charge in [-0.1, -0.05) is 6.07 Å². The molecule has 0 amide bonds. The summed E-state index contributed by atoms with van der Waals surface area (Å²) in [5.41, 5.74) is 0. The molecule has 0 spiro atoms.